The lowest BCUT2D eigenvalue weighted by atomic mass is 9.95. The van der Waals surface area contributed by atoms with E-state index < -0.39 is 5.66 Å². The van der Waals surface area contributed by atoms with Gasteiger partial charge in [-0.15, -0.1) is 0 Å². The Balaban J connectivity index is 1.32. The molecule has 168 valence electrons. The summed E-state index contributed by atoms with van der Waals surface area (Å²) in [5.74, 6) is 0.361. The summed E-state index contributed by atoms with van der Waals surface area (Å²) in [5, 5.41) is 9.35. The Morgan fingerprint density at radius 1 is 1.09 bits per heavy atom. The number of carbonyl (C=O) groups is 3. The number of carbonyl (C=O) groups excluding carboxylic acids is 3. The SMILES string of the molecule is COc1ccccc1CCNC(=O)CN1CC[C@]2(CCC1=O)NC(=O)c1ccccc1N2. The molecule has 2 heterocycles. The molecule has 2 aromatic carbocycles. The lowest BCUT2D eigenvalue weighted by Crippen LogP contribution is -2.58. The molecule has 2 aliphatic rings. The van der Waals surface area contributed by atoms with Gasteiger partial charge in [0.05, 0.1) is 19.2 Å². The van der Waals surface area contributed by atoms with Crippen LogP contribution in [0.4, 0.5) is 5.69 Å². The predicted molar refractivity (Wildman–Crippen MR) is 120 cm³/mol. The van der Waals surface area contributed by atoms with E-state index in [1.165, 1.54) is 0 Å². The molecule has 0 aromatic heterocycles. The van der Waals surface area contributed by atoms with Crippen molar-refractivity contribution in [3.63, 3.8) is 0 Å². The zero-order valence-electron chi connectivity index (χ0n) is 18.1. The minimum absolute atomic E-state index is 0.00533. The van der Waals surface area contributed by atoms with Crippen molar-refractivity contribution >= 4 is 23.4 Å². The number of likely N-dealkylation sites (tertiary alicyclic amines) is 1. The highest BCUT2D eigenvalue weighted by molar-refractivity contribution is 6.02. The molecule has 0 radical (unpaired) electrons. The van der Waals surface area contributed by atoms with E-state index in [0.717, 1.165) is 17.0 Å². The highest BCUT2D eigenvalue weighted by atomic mass is 16.5. The Morgan fingerprint density at radius 2 is 1.88 bits per heavy atom. The van der Waals surface area contributed by atoms with Crippen LogP contribution in [0.1, 0.15) is 35.2 Å². The molecule has 3 amide bonds. The highest BCUT2D eigenvalue weighted by Crippen LogP contribution is 2.31. The van der Waals surface area contributed by atoms with Gasteiger partial charge in [0.25, 0.3) is 5.91 Å². The quantitative estimate of drug-likeness (QED) is 0.643. The first-order valence-corrected chi connectivity index (χ1v) is 10.9. The maximum Gasteiger partial charge on any atom is 0.255 e. The van der Waals surface area contributed by atoms with E-state index in [9.17, 15) is 14.4 Å². The van der Waals surface area contributed by atoms with Crippen LogP contribution in [-0.4, -0.2) is 55.0 Å². The molecule has 0 bridgehead atoms. The lowest BCUT2D eigenvalue weighted by molar-refractivity contribution is -0.135. The first-order valence-electron chi connectivity index (χ1n) is 10.9. The molecule has 2 aromatic rings. The number of hydrogen-bond donors (Lipinski definition) is 3. The highest BCUT2D eigenvalue weighted by Gasteiger charge is 2.40. The van der Waals surface area contributed by atoms with Gasteiger partial charge in [0.15, 0.2) is 0 Å². The number of rotatable bonds is 6. The summed E-state index contributed by atoms with van der Waals surface area (Å²) in [6.07, 6.45) is 1.89. The Bertz CT molecular complexity index is 1020. The Kier molecular flexibility index (Phi) is 6.30. The Labute approximate surface area is 187 Å². The molecule has 1 atom stereocenters. The van der Waals surface area contributed by atoms with Gasteiger partial charge in [0.1, 0.15) is 11.4 Å². The van der Waals surface area contributed by atoms with Crippen molar-refractivity contribution in [1.82, 2.24) is 15.5 Å². The standard InChI is InChI=1S/C24H28N4O4/c1-32-20-9-5-2-6-17(20)11-14-25-21(29)16-28-15-13-24(12-10-22(28)30)26-19-8-4-3-7-18(19)23(31)27-24/h2-9,26H,10-16H2,1H3,(H,25,29)(H,27,31)/t24-/m0/s1. The summed E-state index contributed by atoms with van der Waals surface area (Å²) in [6.45, 7) is 0.846. The second-order valence-electron chi connectivity index (χ2n) is 8.18. The van der Waals surface area contributed by atoms with Crippen molar-refractivity contribution in [1.29, 1.82) is 0 Å². The van der Waals surface area contributed by atoms with E-state index in [2.05, 4.69) is 16.0 Å². The lowest BCUT2D eigenvalue weighted by Gasteiger charge is -2.39. The molecule has 8 nitrogen and oxygen atoms in total. The molecule has 0 unspecified atom stereocenters. The molecule has 2 aliphatic heterocycles. The van der Waals surface area contributed by atoms with Crippen LogP contribution < -0.4 is 20.7 Å². The average Bonchev–Trinajstić information content (AvgIpc) is 2.94. The van der Waals surface area contributed by atoms with Gasteiger partial charge < -0.3 is 25.6 Å². The van der Waals surface area contributed by atoms with Crippen LogP contribution in [0.15, 0.2) is 48.5 Å². The number of para-hydroxylation sites is 2. The monoisotopic (exact) mass is 436 g/mol. The van der Waals surface area contributed by atoms with Gasteiger partial charge in [-0.2, -0.15) is 0 Å². The number of hydrogen-bond acceptors (Lipinski definition) is 5. The van der Waals surface area contributed by atoms with Crippen molar-refractivity contribution in [2.45, 2.75) is 31.3 Å². The van der Waals surface area contributed by atoms with Gasteiger partial charge >= 0.3 is 0 Å². The van der Waals surface area contributed by atoms with E-state index in [0.29, 0.717) is 37.9 Å². The largest absolute Gasteiger partial charge is 0.496 e. The van der Waals surface area contributed by atoms with Crippen molar-refractivity contribution in [3.05, 3.63) is 59.7 Å². The van der Waals surface area contributed by atoms with Crippen LogP contribution in [0.3, 0.4) is 0 Å². The summed E-state index contributed by atoms with van der Waals surface area (Å²) >= 11 is 0. The first kappa shape index (κ1) is 21.7. The third-order valence-electron chi connectivity index (χ3n) is 6.07. The molecule has 8 heteroatoms. The molecule has 3 N–H and O–H groups in total. The fourth-order valence-corrected chi connectivity index (χ4v) is 4.31. The second-order valence-corrected chi connectivity index (χ2v) is 8.18. The third-order valence-corrected chi connectivity index (χ3v) is 6.07. The topological polar surface area (TPSA) is 99.8 Å². The molecule has 4 rings (SSSR count). The molecule has 0 saturated carbocycles. The molecular formula is C24H28N4O4. The summed E-state index contributed by atoms with van der Waals surface area (Å²) in [5.41, 5.74) is 1.70. The maximum absolute atomic E-state index is 12.7. The van der Waals surface area contributed by atoms with E-state index >= 15 is 0 Å². The molecule has 32 heavy (non-hydrogen) atoms. The number of nitrogens with one attached hydrogen (secondary N) is 3. The van der Waals surface area contributed by atoms with Crippen LogP contribution in [0.5, 0.6) is 5.75 Å². The number of methoxy groups -OCH3 is 1. The minimum atomic E-state index is -0.684. The molecule has 1 fully saturated rings. The van der Waals surface area contributed by atoms with Gasteiger partial charge in [-0.1, -0.05) is 30.3 Å². The predicted octanol–water partition coefficient (Wildman–Crippen LogP) is 1.92. The zero-order chi connectivity index (χ0) is 22.6. The molecular weight excluding hydrogens is 408 g/mol. The normalized spacial score (nSPS) is 20.1. The van der Waals surface area contributed by atoms with Gasteiger partial charge in [0.2, 0.25) is 11.8 Å². The summed E-state index contributed by atoms with van der Waals surface area (Å²) < 4.78 is 5.34. The summed E-state index contributed by atoms with van der Waals surface area (Å²) in [7, 11) is 1.62. The third kappa shape index (κ3) is 4.69. The van der Waals surface area contributed by atoms with Crippen LogP contribution in [0.2, 0.25) is 0 Å². The zero-order valence-corrected chi connectivity index (χ0v) is 18.1. The van der Waals surface area contributed by atoms with Crippen LogP contribution in [-0.2, 0) is 16.0 Å². The van der Waals surface area contributed by atoms with Gasteiger partial charge in [-0.3, -0.25) is 14.4 Å². The van der Waals surface area contributed by atoms with E-state index in [1.807, 2.05) is 42.5 Å². The first-order chi connectivity index (χ1) is 15.5. The number of ether oxygens (including phenoxy) is 1. The maximum atomic E-state index is 12.7. The number of anilines is 1. The number of fused-ring (bicyclic) bond motifs is 1. The smallest absolute Gasteiger partial charge is 0.255 e. The summed E-state index contributed by atoms with van der Waals surface area (Å²) in [4.78, 5) is 39.3. The average molecular weight is 437 g/mol. The van der Waals surface area contributed by atoms with Crippen molar-refractivity contribution in [2.24, 2.45) is 0 Å². The van der Waals surface area contributed by atoms with Gasteiger partial charge in [0, 0.05) is 31.6 Å². The Morgan fingerprint density at radius 3 is 2.72 bits per heavy atom. The van der Waals surface area contributed by atoms with Crippen LogP contribution >= 0.6 is 0 Å². The van der Waals surface area contributed by atoms with E-state index in [1.54, 1.807) is 18.1 Å². The van der Waals surface area contributed by atoms with Crippen LogP contribution in [0.25, 0.3) is 0 Å². The Hall–Kier alpha value is -3.55. The summed E-state index contributed by atoms with van der Waals surface area (Å²) in [6, 6.07) is 15.0. The fraction of sp³-hybridized carbons (Fsp3) is 0.375. The van der Waals surface area contributed by atoms with Crippen LogP contribution in [0, 0.1) is 0 Å². The van der Waals surface area contributed by atoms with Gasteiger partial charge in [-0.25, -0.2) is 0 Å². The fourth-order valence-electron chi connectivity index (χ4n) is 4.31. The molecule has 1 spiro atoms. The van der Waals surface area contributed by atoms with Crippen molar-refractivity contribution in [2.75, 3.05) is 32.1 Å². The number of benzene rings is 2. The van der Waals surface area contributed by atoms with E-state index in [-0.39, 0.29) is 30.7 Å². The van der Waals surface area contributed by atoms with Gasteiger partial charge in [-0.05, 0) is 36.6 Å². The van der Waals surface area contributed by atoms with E-state index in [4.69, 9.17) is 4.74 Å². The van der Waals surface area contributed by atoms with Crippen molar-refractivity contribution in [3.8, 4) is 5.75 Å². The molecule has 1 saturated heterocycles. The van der Waals surface area contributed by atoms with Crippen molar-refractivity contribution < 1.29 is 19.1 Å². The number of nitrogens with zero attached hydrogens (tertiary/aromatic N) is 1. The number of amides is 3. The minimum Gasteiger partial charge on any atom is -0.496 e. The second kappa shape index (κ2) is 9.30. The molecule has 0 aliphatic carbocycles.